The molecule has 0 N–H and O–H groups in total. The summed E-state index contributed by atoms with van der Waals surface area (Å²) in [7, 11) is 0. The summed E-state index contributed by atoms with van der Waals surface area (Å²) in [6.45, 7) is 5.13. The Balaban J connectivity index is 2.15. The first-order chi connectivity index (χ1) is 10.6. The molecule has 0 aromatic heterocycles. The van der Waals surface area contributed by atoms with E-state index in [0.717, 1.165) is 5.69 Å². The molecule has 1 heterocycles. The van der Waals surface area contributed by atoms with Crippen LogP contribution in [0.5, 0.6) is 0 Å². The molecule has 0 radical (unpaired) electrons. The average Bonchev–Trinajstić information content (AvgIpc) is 2.75. The van der Waals surface area contributed by atoms with Crippen LogP contribution in [0.2, 0.25) is 0 Å². The van der Waals surface area contributed by atoms with Crippen molar-refractivity contribution < 1.29 is 9.59 Å². The van der Waals surface area contributed by atoms with Gasteiger partial charge in [-0.2, -0.15) is 5.26 Å². The molecule has 6 nitrogen and oxygen atoms in total. The van der Waals surface area contributed by atoms with Gasteiger partial charge in [-0.25, -0.2) is 9.69 Å². The fraction of sp³-hybridized carbons (Fsp3) is 0.438. The van der Waals surface area contributed by atoms with Crippen LogP contribution >= 0.6 is 0 Å². The normalized spacial score (nSPS) is 18.2. The maximum Gasteiger partial charge on any atom is 0.333 e. The van der Waals surface area contributed by atoms with Crippen molar-refractivity contribution in [2.24, 2.45) is 0 Å². The van der Waals surface area contributed by atoms with Crippen molar-refractivity contribution in [3.05, 3.63) is 30.3 Å². The highest BCUT2D eigenvalue weighted by Gasteiger charge is 2.43. The zero-order valence-corrected chi connectivity index (χ0v) is 12.9. The molecule has 1 saturated heterocycles. The standard InChI is InChI=1S/C16H20N4O2/c1-3-18(11-7-10-17)12-19-15(21)13(2)20(16(19)22)14-8-5-4-6-9-14/h4-6,8-9,13H,3,7,11-12H2,1-2H3/t13-/m1/s1. The lowest BCUT2D eigenvalue weighted by atomic mass is 10.2. The van der Waals surface area contributed by atoms with Gasteiger partial charge in [0.05, 0.1) is 12.7 Å². The van der Waals surface area contributed by atoms with Gasteiger partial charge in [0, 0.05) is 18.7 Å². The Morgan fingerprint density at radius 1 is 1.27 bits per heavy atom. The number of hydrogen-bond donors (Lipinski definition) is 0. The van der Waals surface area contributed by atoms with E-state index in [4.69, 9.17) is 5.26 Å². The number of carbonyl (C=O) groups excluding carboxylic acids is 2. The number of imide groups is 1. The molecule has 0 spiro atoms. The first-order valence-electron chi connectivity index (χ1n) is 7.39. The molecule has 0 aliphatic carbocycles. The van der Waals surface area contributed by atoms with E-state index in [1.165, 1.54) is 9.80 Å². The number of carbonyl (C=O) groups is 2. The minimum Gasteiger partial charge on any atom is -0.285 e. The highest BCUT2D eigenvalue weighted by Crippen LogP contribution is 2.25. The molecule has 1 aliphatic rings. The maximum absolute atomic E-state index is 12.6. The number of nitrogens with zero attached hydrogens (tertiary/aromatic N) is 4. The van der Waals surface area contributed by atoms with Gasteiger partial charge in [-0.3, -0.25) is 14.6 Å². The second-order valence-electron chi connectivity index (χ2n) is 5.19. The maximum atomic E-state index is 12.6. The number of anilines is 1. The number of amides is 3. The third kappa shape index (κ3) is 3.10. The van der Waals surface area contributed by atoms with Crippen LogP contribution < -0.4 is 4.90 Å². The summed E-state index contributed by atoms with van der Waals surface area (Å²) >= 11 is 0. The fourth-order valence-corrected chi connectivity index (χ4v) is 2.52. The van der Waals surface area contributed by atoms with Gasteiger partial charge in [-0.1, -0.05) is 25.1 Å². The molecule has 3 amide bonds. The molecule has 6 heteroatoms. The molecule has 2 rings (SSSR count). The lowest BCUT2D eigenvalue weighted by molar-refractivity contribution is -0.128. The summed E-state index contributed by atoms with van der Waals surface area (Å²) < 4.78 is 0. The molecule has 1 atom stereocenters. The number of nitriles is 1. The lowest BCUT2D eigenvalue weighted by Crippen LogP contribution is -2.42. The smallest absolute Gasteiger partial charge is 0.285 e. The molecule has 0 unspecified atom stereocenters. The molecule has 0 bridgehead atoms. The molecule has 1 fully saturated rings. The van der Waals surface area contributed by atoms with Crippen molar-refractivity contribution in [2.45, 2.75) is 26.3 Å². The Morgan fingerprint density at radius 2 is 1.95 bits per heavy atom. The molecular weight excluding hydrogens is 280 g/mol. The van der Waals surface area contributed by atoms with Crippen LogP contribution in [0.4, 0.5) is 10.5 Å². The average molecular weight is 300 g/mol. The molecule has 0 saturated carbocycles. The van der Waals surface area contributed by atoms with Crippen LogP contribution in [0.3, 0.4) is 0 Å². The minimum atomic E-state index is -0.510. The van der Waals surface area contributed by atoms with E-state index in [2.05, 4.69) is 6.07 Å². The topological polar surface area (TPSA) is 67.7 Å². The molecule has 1 aromatic carbocycles. The predicted molar refractivity (Wildman–Crippen MR) is 83.0 cm³/mol. The number of urea groups is 1. The zero-order chi connectivity index (χ0) is 16.1. The van der Waals surface area contributed by atoms with E-state index < -0.39 is 6.04 Å². The number of hydrogen-bond acceptors (Lipinski definition) is 4. The Labute approximate surface area is 130 Å². The number of rotatable bonds is 6. The van der Waals surface area contributed by atoms with Crippen molar-refractivity contribution in [3.63, 3.8) is 0 Å². The van der Waals surface area contributed by atoms with Crippen LogP contribution in [-0.4, -0.2) is 47.5 Å². The first kappa shape index (κ1) is 16.0. The van der Waals surface area contributed by atoms with Crippen LogP contribution in [0, 0.1) is 11.3 Å². The Hall–Kier alpha value is -2.39. The van der Waals surface area contributed by atoms with Gasteiger partial charge in [-0.15, -0.1) is 0 Å². The van der Waals surface area contributed by atoms with E-state index >= 15 is 0 Å². The largest absolute Gasteiger partial charge is 0.333 e. The predicted octanol–water partition coefficient (Wildman–Crippen LogP) is 2.04. The highest BCUT2D eigenvalue weighted by atomic mass is 16.2. The molecular formula is C16H20N4O2. The minimum absolute atomic E-state index is 0.204. The summed E-state index contributed by atoms with van der Waals surface area (Å²) in [5.41, 5.74) is 0.718. The van der Waals surface area contributed by atoms with E-state index in [1.807, 2.05) is 42.2 Å². The Morgan fingerprint density at radius 3 is 2.55 bits per heavy atom. The molecule has 1 aliphatic heterocycles. The molecule has 116 valence electrons. The van der Waals surface area contributed by atoms with Gasteiger partial charge >= 0.3 is 6.03 Å². The van der Waals surface area contributed by atoms with E-state index in [0.29, 0.717) is 19.5 Å². The van der Waals surface area contributed by atoms with Crippen LogP contribution in [-0.2, 0) is 4.79 Å². The van der Waals surface area contributed by atoms with Crippen molar-refractivity contribution in [2.75, 3.05) is 24.7 Å². The summed E-state index contributed by atoms with van der Waals surface area (Å²) in [5.74, 6) is -0.204. The summed E-state index contributed by atoms with van der Waals surface area (Å²) in [6, 6.07) is 10.5. The van der Waals surface area contributed by atoms with Crippen LogP contribution in [0.15, 0.2) is 30.3 Å². The second-order valence-corrected chi connectivity index (χ2v) is 5.19. The summed E-state index contributed by atoms with van der Waals surface area (Å²) in [6.07, 6.45) is 0.377. The van der Waals surface area contributed by atoms with Crippen LogP contribution in [0.25, 0.3) is 0 Å². The second kappa shape index (κ2) is 7.05. The first-order valence-corrected chi connectivity index (χ1v) is 7.39. The van der Waals surface area contributed by atoms with Crippen LogP contribution in [0.1, 0.15) is 20.3 Å². The number of benzene rings is 1. The fourth-order valence-electron chi connectivity index (χ4n) is 2.52. The van der Waals surface area contributed by atoms with E-state index in [-0.39, 0.29) is 18.6 Å². The van der Waals surface area contributed by atoms with Crippen molar-refractivity contribution in [3.8, 4) is 6.07 Å². The summed E-state index contributed by atoms with van der Waals surface area (Å²) in [5, 5.41) is 8.68. The number of para-hydroxylation sites is 1. The third-order valence-electron chi connectivity index (χ3n) is 3.81. The van der Waals surface area contributed by atoms with Crippen molar-refractivity contribution in [1.82, 2.24) is 9.80 Å². The van der Waals surface area contributed by atoms with Gasteiger partial charge in [0.25, 0.3) is 5.91 Å². The molecule has 1 aromatic rings. The quantitative estimate of drug-likeness (QED) is 0.754. The van der Waals surface area contributed by atoms with E-state index in [9.17, 15) is 9.59 Å². The van der Waals surface area contributed by atoms with Gasteiger partial charge in [0.1, 0.15) is 6.04 Å². The monoisotopic (exact) mass is 300 g/mol. The van der Waals surface area contributed by atoms with E-state index in [1.54, 1.807) is 6.92 Å². The van der Waals surface area contributed by atoms with Gasteiger partial charge in [0.2, 0.25) is 0 Å². The highest BCUT2D eigenvalue weighted by molar-refractivity contribution is 6.13. The Bertz CT molecular complexity index is 582. The summed E-state index contributed by atoms with van der Waals surface area (Å²) in [4.78, 5) is 29.7. The SMILES string of the molecule is CCN(CCC#N)CN1C(=O)[C@@H](C)N(c2ccccc2)C1=O. The Kier molecular flexibility index (Phi) is 5.12. The van der Waals surface area contributed by atoms with Gasteiger partial charge < -0.3 is 0 Å². The third-order valence-corrected chi connectivity index (χ3v) is 3.81. The zero-order valence-electron chi connectivity index (χ0n) is 12.9. The molecule has 22 heavy (non-hydrogen) atoms. The van der Waals surface area contributed by atoms with Gasteiger partial charge in [-0.05, 0) is 25.6 Å². The van der Waals surface area contributed by atoms with Crippen molar-refractivity contribution in [1.29, 1.82) is 5.26 Å². The lowest BCUT2D eigenvalue weighted by Gasteiger charge is -2.24. The van der Waals surface area contributed by atoms with Gasteiger partial charge in [0.15, 0.2) is 0 Å². The van der Waals surface area contributed by atoms with Crippen molar-refractivity contribution >= 4 is 17.6 Å².